The highest BCUT2D eigenvalue weighted by Gasteiger charge is 2.34. The molecule has 0 spiro atoms. The number of phenolic OH excluding ortho intramolecular Hbond substituents is 1. The van der Waals surface area contributed by atoms with E-state index in [1.807, 2.05) is 13.8 Å². The number of benzene rings is 1. The van der Waals surface area contributed by atoms with Crippen LogP contribution in [0.2, 0.25) is 0 Å². The molecule has 2 unspecified atom stereocenters. The van der Waals surface area contributed by atoms with Crippen LogP contribution in [0.15, 0.2) is 18.2 Å². The van der Waals surface area contributed by atoms with Crippen molar-refractivity contribution in [1.29, 1.82) is 0 Å². The number of carbonyl (C=O) groups is 3. The zero-order chi connectivity index (χ0) is 26.6. The van der Waals surface area contributed by atoms with Crippen LogP contribution >= 0.6 is 0 Å². The van der Waals surface area contributed by atoms with Gasteiger partial charge in [-0.25, -0.2) is 4.79 Å². The van der Waals surface area contributed by atoms with Crippen molar-refractivity contribution in [3.05, 3.63) is 29.3 Å². The Labute approximate surface area is 210 Å². The monoisotopic (exact) mass is 491 g/mol. The molecule has 2 atom stereocenters. The Balaban J connectivity index is 3.30. The Morgan fingerprint density at radius 2 is 1.77 bits per heavy atom. The first-order chi connectivity index (χ1) is 16.4. The van der Waals surface area contributed by atoms with Crippen LogP contribution in [0.25, 0.3) is 0 Å². The summed E-state index contributed by atoms with van der Waals surface area (Å²) < 4.78 is 5.25. The Kier molecular flexibility index (Phi) is 12.6. The number of phenols is 1. The fourth-order valence-electron chi connectivity index (χ4n) is 3.85. The average Bonchev–Trinajstić information content (AvgIpc) is 2.75. The van der Waals surface area contributed by atoms with Gasteiger partial charge in [0.25, 0.3) is 0 Å². The molecule has 0 bridgehead atoms. The molecule has 0 saturated carbocycles. The fraction of sp³-hybridized carbons (Fsp3) is 0.667. The van der Waals surface area contributed by atoms with Gasteiger partial charge in [-0.15, -0.1) is 0 Å². The Morgan fingerprint density at radius 3 is 2.37 bits per heavy atom. The first-order valence-electron chi connectivity index (χ1n) is 12.8. The highest BCUT2D eigenvalue weighted by Crippen LogP contribution is 2.32. The van der Waals surface area contributed by atoms with E-state index < -0.39 is 23.6 Å². The molecule has 0 heterocycles. The molecule has 1 aromatic carbocycles. The largest absolute Gasteiger partial charge is 0.507 e. The number of nitrogens with zero attached hydrogens (tertiary/aromatic N) is 1. The molecule has 0 aliphatic heterocycles. The smallest absolute Gasteiger partial charge is 0.408 e. The fourth-order valence-corrected chi connectivity index (χ4v) is 3.85. The summed E-state index contributed by atoms with van der Waals surface area (Å²) in [6.45, 7) is 13.1. The van der Waals surface area contributed by atoms with E-state index >= 15 is 0 Å². The van der Waals surface area contributed by atoms with E-state index in [0.717, 1.165) is 32.1 Å². The van der Waals surface area contributed by atoms with Crippen LogP contribution in [0.1, 0.15) is 97.2 Å². The maximum atomic E-state index is 13.5. The van der Waals surface area contributed by atoms with E-state index in [1.54, 1.807) is 45.9 Å². The molecule has 0 aliphatic rings. The van der Waals surface area contributed by atoms with E-state index in [4.69, 9.17) is 4.74 Å². The number of nitrogens with one attached hydrogen (secondary N) is 2. The van der Waals surface area contributed by atoms with Crippen LogP contribution in [-0.2, 0) is 14.3 Å². The van der Waals surface area contributed by atoms with E-state index in [1.165, 1.54) is 4.90 Å². The van der Waals surface area contributed by atoms with Gasteiger partial charge in [0.15, 0.2) is 0 Å². The van der Waals surface area contributed by atoms with Gasteiger partial charge in [-0.2, -0.15) is 0 Å². The molecule has 198 valence electrons. The molecule has 0 aliphatic carbocycles. The van der Waals surface area contributed by atoms with Crippen molar-refractivity contribution in [3.8, 4) is 5.75 Å². The second kappa shape index (κ2) is 14.6. The predicted octanol–water partition coefficient (Wildman–Crippen LogP) is 4.98. The third kappa shape index (κ3) is 10.6. The summed E-state index contributed by atoms with van der Waals surface area (Å²) in [7, 11) is 0. The molecule has 0 aromatic heterocycles. The number of carbonyl (C=O) groups excluding carboxylic acids is 3. The lowest BCUT2D eigenvalue weighted by atomic mass is 9.99. The van der Waals surface area contributed by atoms with Gasteiger partial charge >= 0.3 is 6.09 Å². The number of amides is 3. The highest BCUT2D eigenvalue weighted by molar-refractivity contribution is 5.91. The van der Waals surface area contributed by atoms with Crippen LogP contribution in [0.3, 0.4) is 0 Å². The van der Waals surface area contributed by atoms with Gasteiger partial charge < -0.3 is 25.4 Å². The van der Waals surface area contributed by atoms with Gasteiger partial charge in [0.1, 0.15) is 23.9 Å². The summed E-state index contributed by atoms with van der Waals surface area (Å²) in [6, 6.07) is 4.08. The van der Waals surface area contributed by atoms with Gasteiger partial charge in [0, 0.05) is 18.2 Å². The molecule has 1 rings (SSSR count). The number of unbranched alkanes of at least 4 members (excludes halogenated alkanes) is 3. The Morgan fingerprint density at radius 1 is 1.09 bits per heavy atom. The second-order valence-corrected chi connectivity index (χ2v) is 10.1. The standard InChI is InChI=1S/C27H45N3O5/c1-8-10-11-12-17-30(22(31)18-28-26(34)35-27(5,6)7)23(25(33)29-20(4)14-9-2)21-16-13-15-19(3)24(21)32/h13,15-16,20,23,32H,8-12,14,17-18H2,1-7H3,(H,28,34)(H,29,33). The van der Waals surface area contributed by atoms with E-state index in [9.17, 15) is 19.5 Å². The minimum Gasteiger partial charge on any atom is -0.507 e. The van der Waals surface area contributed by atoms with E-state index in [-0.39, 0.29) is 24.2 Å². The number of ether oxygens (including phenoxy) is 1. The summed E-state index contributed by atoms with van der Waals surface area (Å²) in [6.07, 6.45) is 4.65. The molecule has 3 amide bonds. The molecular formula is C27H45N3O5. The van der Waals surface area contributed by atoms with Crippen molar-refractivity contribution in [3.63, 3.8) is 0 Å². The summed E-state index contributed by atoms with van der Waals surface area (Å²) >= 11 is 0. The summed E-state index contributed by atoms with van der Waals surface area (Å²) in [5, 5.41) is 16.3. The molecule has 35 heavy (non-hydrogen) atoms. The van der Waals surface area contributed by atoms with Crippen LogP contribution < -0.4 is 10.6 Å². The lowest BCUT2D eigenvalue weighted by Gasteiger charge is -2.33. The maximum absolute atomic E-state index is 13.5. The van der Waals surface area contributed by atoms with Gasteiger partial charge in [-0.3, -0.25) is 9.59 Å². The molecule has 8 nitrogen and oxygen atoms in total. The summed E-state index contributed by atoms with van der Waals surface area (Å²) in [5.74, 6) is -0.785. The quantitative estimate of drug-likeness (QED) is 0.337. The van der Waals surface area contributed by atoms with Gasteiger partial charge in [-0.05, 0) is 53.0 Å². The average molecular weight is 492 g/mol. The SMILES string of the molecule is CCCCCCN(C(=O)CNC(=O)OC(C)(C)C)C(C(=O)NC(C)CCC)c1cccc(C)c1O. The van der Waals surface area contributed by atoms with Crippen molar-refractivity contribution in [2.45, 2.75) is 105 Å². The number of aryl methyl sites for hydroxylation is 1. The maximum Gasteiger partial charge on any atom is 0.408 e. The topological polar surface area (TPSA) is 108 Å². The third-order valence-corrected chi connectivity index (χ3v) is 5.59. The van der Waals surface area contributed by atoms with Crippen molar-refractivity contribution in [1.82, 2.24) is 15.5 Å². The number of rotatable bonds is 13. The first kappa shape index (κ1) is 30.3. The highest BCUT2D eigenvalue weighted by atomic mass is 16.6. The number of para-hydroxylation sites is 1. The predicted molar refractivity (Wildman–Crippen MR) is 138 cm³/mol. The first-order valence-corrected chi connectivity index (χ1v) is 12.8. The zero-order valence-electron chi connectivity index (χ0n) is 22.6. The lowest BCUT2D eigenvalue weighted by Crippen LogP contribution is -2.49. The molecule has 0 radical (unpaired) electrons. The second-order valence-electron chi connectivity index (χ2n) is 10.1. The normalized spacial score (nSPS) is 13.0. The number of alkyl carbamates (subject to hydrolysis) is 1. The van der Waals surface area contributed by atoms with Crippen molar-refractivity contribution < 1.29 is 24.2 Å². The van der Waals surface area contributed by atoms with Crippen LogP contribution in [0.4, 0.5) is 4.79 Å². The minimum absolute atomic E-state index is 0.0118. The third-order valence-electron chi connectivity index (χ3n) is 5.59. The summed E-state index contributed by atoms with van der Waals surface area (Å²) in [4.78, 5) is 40.5. The van der Waals surface area contributed by atoms with Crippen molar-refractivity contribution >= 4 is 17.9 Å². The number of hydrogen-bond donors (Lipinski definition) is 3. The van der Waals surface area contributed by atoms with Gasteiger partial charge in [-0.1, -0.05) is 57.7 Å². The lowest BCUT2D eigenvalue weighted by molar-refractivity contribution is -0.140. The van der Waals surface area contributed by atoms with Crippen molar-refractivity contribution in [2.75, 3.05) is 13.1 Å². The zero-order valence-corrected chi connectivity index (χ0v) is 22.6. The van der Waals surface area contributed by atoms with Crippen molar-refractivity contribution in [2.24, 2.45) is 0 Å². The number of hydrogen-bond acceptors (Lipinski definition) is 5. The summed E-state index contributed by atoms with van der Waals surface area (Å²) in [5.41, 5.74) is 0.289. The molecule has 0 fully saturated rings. The molecule has 1 aromatic rings. The van der Waals surface area contributed by atoms with E-state index in [0.29, 0.717) is 24.1 Å². The Hall–Kier alpha value is -2.77. The molecular weight excluding hydrogens is 446 g/mol. The molecule has 3 N–H and O–H groups in total. The molecule has 0 saturated heterocycles. The van der Waals surface area contributed by atoms with Crippen LogP contribution in [-0.4, -0.2) is 52.6 Å². The van der Waals surface area contributed by atoms with Crippen LogP contribution in [0.5, 0.6) is 5.75 Å². The van der Waals surface area contributed by atoms with Gasteiger partial charge in [0.2, 0.25) is 11.8 Å². The minimum atomic E-state index is -1.02. The van der Waals surface area contributed by atoms with Crippen LogP contribution in [0, 0.1) is 6.92 Å². The van der Waals surface area contributed by atoms with E-state index in [2.05, 4.69) is 17.6 Å². The number of aromatic hydroxyl groups is 1. The van der Waals surface area contributed by atoms with Gasteiger partial charge in [0.05, 0.1) is 0 Å². The Bertz CT molecular complexity index is 835. The molecule has 8 heteroatoms.